The molecule has 0 radical (unpaired) electrons. The molecule has 0 spiro atoms. The van der Waals surface area contributed by atoms with Crippen molar-refractivity contribution in [3.05, 3.63) is 45.7 Å². The van der Waals surface area contributed by atoms with Crippen LogP contribution in [0, 0.1) is 11.2 Å². The summed E-state index contributed by atoms with van der Waals surface area (Å²) in [7, 11) is 0. The van der Waals surface area contributed by atoms with E-state index in [2.05, 4.69) is 35.9 Å². The van der Waals surface area contributed by atoms with Crippen molar-refractivity contribution >= 4 is 15.9 Å². The second-order valence-electron chi connectivity index (χ2n) is 5.99. The molecule has 0 amide bonds. The summed E-state index contributed by atoms with van der Waals surface area (Å²) in [6, 6.07) is 5.17. The predicted molar refractivity (Wildman–Crippen MR) is 76.9 cm³/mol. The van der Waals surface area contributed by atoms with Crippen LogP contribution in [0.25, 0.3) is 0 Å². The van der Waals surface area contributed by atoms with Crippen molar-refractivity contribution in [2.24, 2.45) is 11.1 Å². The lowest BCUT2D eigenvalue weighted by atomic mass is 9.74. The molecule has 0 saturated heterocycles. The van der Waals surface area contributed by atoms with Crippen LogP contribution < -0.4 is 5.73 Å². The molecule has 0 aliphatic heterocycles. The second kappa shape index (κ2) is 5.14. The van der Waals surface area contributed by atoms with E-state index in [1.165, 1.54) is 11.6 Å². The van der Waals surface area contributed by atoms with Gasteiger partial charge in [0.15, 0.2) is 0 Å². The number of hydrogen-bond acceptors (Lipinski definition) is 1. The SMILES string of the molecule is CC1(C)CC(Cc2cc(F)cc(Br)c2)=CC(N)C1. The molecule has 0 heterocycles. The molecule has 1 aliphatic rings. The van der Waals surface area contributed by atoms with Crippen LogP contribution in [-0.4, -0.2) is 6.04 Å². The van der Waals surface area contributed by atoms with Crippen LogP contribution in [0.3, 0.4) is 0 Å². The van der Waals surface area contributed by atoms with E-state index in [9.17, 15) is 4.39 Å². The van der Waals surface area contributed by atoms with Gasteiger partial charge in [-0.1, -0.05) is 41.4 Å². The van der Waals surface area contributed by atoms with Gasteiger partial charge in [0, 0.05) is 10.5 Å². The Bertz CT molecular complexity index is 459. The third-order valence-electron chi connectivity index (χ3n) is 3.30. The molecule has 1 aromatic carbocycles. The molecule has 3 heteroatoms. The summed E-state index contributed by atoms with van der Waals surface area (Å²) in [5, 5.41) is 0. The Kier molecular flexibility index (Phi) is 3.93. The minimum Gasteiger partial charge on any atom is -0.324 e. The fraction of sp³-hybridized carbons (Fsp3) is 0.467. The Labute approximate surface area is 116 Å². The van der Waals surface area contributed by atoms with E-state index < -0.39 is 0 Å². The molecule has 1 aromatic rings. The molecule has 2 N–H and O–H groups in total. The Morgan fingerprint density at radius 1 is 1.39 bits per heavy atom. The van der Waals surface area contributed by atoms with Gasteiger partial charge in [-0.05, 0) is 48.4 Å². The molecular formula is C15H19BrFN. The summed E-state index contributed by atoms with van der Waals surface area (Å²) in [5.74, 6) is -0.195. The van der Waals surface area contributed by atoms with Gasteiger partial charge in [-0.25, -0.2) is 4.39 Å². The molecule has 2 rings (SSSR count). The minimum absolute atomic E-state index is 0.126. The van der Waals surface area contributed by atoms with Gasteiger partial charge < -0.3 is 5.73 Å². The average Bonchev–Trinajstić information content (AvgIpc) is 2.10. The van der Waals surface area contributed by atoms with E-state index >= 15 is 0 Å². The maximum absolute atomic E-state index is 13.3. The first-order valence-electron chi connectivity index (χ1n) is 6.24. The van der Waals surface area contributed by atoms with Crippen LogP contribution in [0.1, 0.15) is 32.3 Å². The van der Waals surface area contributed by atoms with Gasteiger partial charge >= 0.3 is 0 Å². The van der Waals surface area contributed by atoms with E-state index in [-0.39, 0.29) is 17.3 Å². The third kappa shape index (κ3) is 3.66. The molecule has 1 aliphatic carbocycles. The van der Waals surface area contributed by atoms with Crippen molar-refractivity contribution in [2.75, 3.05) is 0 Å². The van der Waals surface area contributed by atoms with Crippen molar-refractivity contribution in [2.45, 2.75) is 39.2 Å². The lowest BCUT2D eigenvalue weighted by molar-refractivity contribution is 0.299. The zero-order valence-electron chi connectivity index (χ0n) is 10.8. The molecule has 0 saturated carbocycles. The van der Waals surface area contributed by atoms with Crippen LogP contribution in [0.5, 0.6) is 0 Å². The fourth-order valence-corrected chi connectivity index (χ4v) is 3.35. The van der Waals surface area contributed by atoms with Crippen LogP contribution in [0.2, 0.25) is 0 Å². The number of rotatable bonds is 2. The number of nitrogens with two attached hydrogens (primary N) is 1. The van der Waals surface area contributed by atoms with E-state index in [0.717, 1.165) is 29.3 Å². The number of allylic oxidation sites excluding steroid dienone is 1. The van der Waals surface area contributed by atoms with Gasteiger partial charge in [-0.3, -0.25) is 0 Å². The number of halogens is 2. The van der Waals surface area contributed by atoms with E-state index in [4.69, 9.17) is 5.73 Å². The summed E-state index contributed by atoms with van der Waals surface area (Å²) in [6.07, 6.45) is 4.98. The van der Waals surface area contributed by atoms with Gasteiger partial charge in [-0.2, -0.15) is 0 Å². The lowest BCUT2D eigenvalue weighted by Gasteiger charge is -2.33. The Hall–Kier alpha value is -0.670. The normalized spacial score (nSPS) is 22.7. The average molecular weight is 312 g/mol. The van der Waals surface area contributed by atoms with Crippen molar-refractivity contribution in [1.82, 2.24) is 0 Å². The van der Waals surface area contributed by atoms with E-state index in [1.54, 1.807) is 6.07 Å². The Morgan fingerprint density at radius 2 is 2.11 bits per heavy atom. The summed E-state index contributed by atoms with van der Waals surface area (Å²) >= 11 is 3.33. The van der Waals surface area contributed by atoms with Gasteiger partial charge in [0.1, 0.15) is 5.82 Å². The molecule has 98 valence electrons. The highest BCUT2D eigenvalue weighted by atomic mass is 79.9. The van der Waals surface area contributed by atoms with Gasteiger partial charge in [0.25, 0.3) is 0 Å². The Balaban J connectivity index is 2.18. The smallest absolute Gasteiger partial charge is 0.124 e. The maximum atomic E-state index is 13.3. The van der Waals surface area contributed by atoms with Crippen molar-refractivity contribution in [1.29, 1.82) is 0 Å². The lowest BCUT2D eigenvalue weighted by Crippen LogP contribution is -2.31. The standard InChI is InChI=1S/C15H19BrFN/c1-15(2)8-11(6-14(18)9-15)3-10-4-12(16)7-13(17)5-10/h4-7,14H,3,8-9,18H2,1-2H3. The second-order valence-corrected chi connectivity index (χ2v) is 6.90. The number of benzene rings is 1. The topological polar surface area (TPSA) is 26.0 Å². The predicted octanol–water partition coefficient (Wildman–Crippen LogP) is 4.20. The maximum Gasteiger partial charge on any atom is 0.124 e. The van der Waals surface area contributed by atoms with Gasteiger partial charge in [-0.15, -0.1) is 0 Å². The highest BCUT2D eigenvalue weighted by Crippen LogP contribution is 2.36. The molecule has 0 aromatic heterocycles. The molecule has 0 bridgehead atoms. The van der Waals surface area contributed by atoms with Crippen molar-refractivity contribution in [3.63, 3.8) is 0 Å². The molecule has 1 atom stereocenters. The zero-order valence-corrected chi connectivity index (χ0v) is 12.4. The van der Waals surface area contributed by atoms with Crippen molar-refractivity contribution in [3.8, 4) is 0 Å². The van der Waals surface area contributed by atoms with E-state index in [1.807, 2.05) is 6.07 Å². The van der Waals surface area contributed by atoms with Crippen LogP contribution in [-0.2, 0) is 6.42 Å². The highest BCUT2D eigenvalue weighted by molar-refractivity contribution is 9.10. The highest BCUT2D eigenvalue weighted by Gasteiger charge is 2.26. The van der Waals surface area contributed by atoms with Gasteiger partial charge in [0.05, 0.1) is 0 Å². The first-order chi connectivity index (χ1) is 8.34. The molecule has 18 heavy (non-hydrogen) atoms. The van der Waals surface area contributed by atoms with Crippen molar-refractivity contribution < 1.29 is 4.39 Å². The first-order valence-corrected chi connectivity index (χ1v) is 7.03. The largest absolute Gasteiger partial charge is 0.324 e. The van der Waals surface area contributed by atoms with Crippen LogP contribution >= 0.6 is 15.9 Å². The summed E-state index contributed by atoms with van der Waals surface area (Å²) < 4.78 is 14.1. The summed E-state index contributed by atoms with van der Waals surface area (Å²) in [4.78, 5) is 0. The van der Waals surface area contributed by atoms with Crippen LogP contribution in [0.4, 0.5) is 4.39 Å². The van der Waals surface area contributed by atoms with Crippen LogP contribution in [0.15, 0.2) is 34.3 Å². The summed E-state index contributed by atoms with van der Waals surface area (Å²) in [6.45, 7) is 4.47. The monoisotopic (exact) mass is 311 g/mol. The molecular weight excluding hydrogens is 293 g/mol. The Morgan fingerprint density at radius 3 is 2.72 bits per heavy atom. The quantitative estimate of drug-likeness (QED) is 0.814. The van der Waals surface area contributed by atoms with Gasteiger partial charge in [0.2, 0.25) is 0 Å². The third-order valence-corrected chi connectivity index (χ3v) is 3.76. The summed E-state index contributed by atoms with van der Waals surface area (Å²) in [5.41, 5.74) is 8.61. The minimum atomic E-state index is -0.195. The zero-order chi connectivity index (χ0) is 13.3. The number of hydrogen-bond donors (Lipinski definition) is 1. The van der Waals surface area contributed by atoms with E-state index in [0.29, 0.717) is 0 Å². The molecule has 0 fully saturated rings. The first kappa shape index (κ1) is 13.8. The molecule has 1 unspecified atom stereocenters. The fourth-order valence-electron chi connectivity index (χ4n) is 2.84. The molecule has 1 nitrogen and oxygen atoms in total.